The van der Waals surface area contributed by atoms with Gasteiger partial charge in [0.1, 0.15) is 11.5 Å². The van der Waals surface area contributed by atoms with E-state index in [4.69, 9.17) is 9.47 Å². The molecule has 0 saturated carbocycles. The first-order valence-electron chi connectivity index (χ1n) is 9.44. The van der Waals surface area contributed by atoms with Crippen LogP contribution in [0.5, 0.6) is 11.5 Å². The second-order valence-electron chi connectivity index (χ2n) is 6.99. The molecule has 0 radical (unpaired) electrons. The Morgan fingerprint density at radius 1 is 1.07 bits per heavy atom. The van der Waals surface area contributed by atoms with Crippen molar-refractivity contribution in [1.29, 1.82) is 0 Å². The summed E-state index contributed by atoms with van der Waals surface area (Å²) in [5, 5.41) is 3.16. The van der Waals surface area contributed by atoms with Crippen molar-refractivity contribution in [2.24, 2.45) is 0 Å². The number of hydrogen-bond acceptors (Lipinski definition) is 6. The van der Waals surface area contributed by atoms with Gasteiger partial charge in [-0.3, -0.25) is 4.79 Å². The average molecular weight is 390 g/mol. The number of carbonyl (C=O) groups is 1. The van der Waals surface area contributed by atoms with E-state index in [1.165, 1.54) is 6.20 Å². The minimum atomic E-state index is -0.147. The third kappa shape index (κ3) is 4.29. The number of nitrogens with zero attached hydrogens (tertiary/aromatic N) is 3. The van der Waals surface area contributed by atoms with Crippen molar-refractivity contribution >= 4 is 17.4 Å². The molecule has 0 aliphatic carbocycles. The van der Waals surface area contributed by atoms with Crippen LogP contribution in [-0.4, -0.2) is 33.6 Å². The van der Waals surface area contributed by atoms with E-state index in [0.29, 0.717) is 23.8 Å². The zero-order chi connectivity index (χ0) is 20.2. The fraction of sp³-hybridized carbons (Fsp3) is 0.227. The van der Waals surface area contributed by atoms with Gasteiger partial charge >= 0.3 is 0 Å². The van der Waals surface area contributed by atoms with Crippen LogP contribution in [0.25, 0.3) is 0 Å². The molecule has 0 atom stereocenters. The maximum atomic E-state index is 13.0. The lowest BCUT2D eigenvalue weighted by Gasteiger charge is -2.26. The molecule has 0 unspecified atom stereocenters. The van der Waals surface area contributed by atoms with Crippen LogP contribution in [0.3, 0.4) is 0 Å². The van der Waals surface area contributed by atoms with Crippen LogP contribution in [0.2, 0.25) is 0 Å². The highest BCUT2D eigenvalue weighted by atomic mass is 16.7. The number of rotatable bonds is 6. The van der Waals surface area contributed by atoms with Gasteiger partial charge in [-0.25, -0.2) is 9.97 Å². The maximum absolute atomic E-state index is 13.0. The summed E-state index contributed by atoms with van der Waals surface area (Å²) in [4.78, 5) is 23.4. The molecule has 7 nitrogen and oxygen atoms in total. The Kier molecular flexibility index (Phi) is 5.29. The molecule has 1 aliphatic heterocycles. The topological polar surface area (TPSA) is 76.6 Å². The van der Waals surface area contributed by atoms with Crippen LogP contribution in [0, 0.1) is 0 Å². The lowest BCUT2D eigenvalue weighted by atomic mass is 10.2. The van der Waals surface area contributed by atoms with Gasteiger partial charge < -0.3 is 19.7 Å². The van der Waals surface area contributed by atoms with Crippen molar-refractivity contribution in [2.45, 2.75) is 26.4 Å². The molecule has 4 rings (SSSR count). The van der Waals surface area contributed by atoms with Gasteiger partial charge in [0.05, 0.1) is 12.4 Å². The minimum absolute atomic E-state index is 0.0379. The summed E-state index contributed by atoms with van der Waals surface area (Å²) < 4.78 is 10.7. The van der Waals surface area contributed by atoms with Gasteiger partial charge in [0, 0.05) is 24.3 Å². The fourth-order valence-corrected chi connectivity index (χ4v) is 3.04. The molecular formula is C22H22N4O3. The minimum Gasteiger partial charge on any atom is -0.454 e. The van der Waals surface area contributed by atoms with E-state index in [1.54, 1.807) is 11.1 Å². The Labute approximate surface area is 169 Å². The van der Waals surface area contributed by atoms with E-state index in [1.807, 2.05) is 62.4 Å². The first-order valence-corrected chi connectivity index (χ1v) is 9.44. The summed E-state index contributed by atoms with van der Waals surface area (Å²) in [7, 11) is 0. The lowest BCUT2D eigenvalue weighted by molar-refractivity contribution is 0.0684. The summed E-state index contributed by atoms with van der Waals surface area (Å²) in [6.45, 7) is 4.73. The van der Waals surface area contributed by atoms with E-state index >= 15 is 0 Å². The van der Waals surface area contributed by atoms with Gasteiger partial charge in [0.15, 0.2) is 11.5 Å². The van der Waals surface area contributed by atoms with E-state index in [9.17, 15) is 4.79 Å². The van der Waals surface area contributed by atoms with Gasteiger partial charge in [0.2, 0.25) is 6.79 Å². The Balaban J connectivity index is 1.46. The number of carbonyl (C=O) groups excluding carboxylic acids is 1. The molecule has 0 fully saturated rings. The summed E-state index contributed by atoms with van der Waals surface area (Å²) in [6, 6.07) is 15.5. The molecule has 3 aromatic rings. The molecule has 1 amide bonds. The zero-order valence-electron chi connectivity index (χ0n) is 16.3. The molecule has 0 saturated heterocycles. The second kappa shape index (κ2) is 8.18. The molecule has 148 valence electrons. The normalized spacial score (nSPS) is 12.1. The predicted molar refractivity (Wildman–Crippen MR) is 109 cm³/mol. The highest BCUT2D eigenvalue weighted by Crippen LogP contribution is 2.34. The average Bonchev–Trinajstić information content (AvgIpc) is 3.20. The van der Waals surface area contributed by atoms with E-state index < -0.39 is 0 Å². The molecule has 0 bridgehead atoms. The quantitative estimate of drug-likeness (QED) is 0.686. The van der Waals surface area contributed by atoms with Crippen molar-refractivity contribution in [3.8, 4) is 11.5 Å². The zero-order valence-corrected chi connectivity index (χ0v) is 16.3. The number of amides is 1. The highest BCUT2D eigenvalue weighted by molar-refractivity contribution is 5.92. The molecule has 1 aromatic heterocycles. The number of fused-ring (bicyclic) bond motifs is 1. The van der Waals surface area contributed by atoms with Gasteiger partial charge in [-0.1, -0.05) is 30.3 Å². The van der Waals surface area contributed by atoms with Crippen LogP contribution in [0.15, 0.2) is 60.9 Å². The van der Waals surface area contributed by atoms with Crippen molar-refractivity contribution in [1.82, 2.24) is 14.9 Å². The third-order valence-corrected chi connectivity index (χ3v) is 4.60. The lowest BCUT2D eigenvalue weighted by Crippen LogP contribution is -2.36. The predicted octanol–water partition coefficient (Wildman–Crippen LogP) is 4.00. The molecule has 1 N–H and O–H groups in total. The smallest absolute Gasteiger partial charge is 0.274 e. The summed E-state index contributed by atoms with van der Waals surface area (Å²) in [5.74, 6) is 1.79. The van der Waals surface area contributed by atoms with E-state index in [0.717, 1.165) is 17.0 Å². The van der Waals surface area contributed by atoms with Gasteiger partial charge in [-0.15, -0.1) is 0 Å². The number of ether oxygens (including phenoxy) is 2. The van der Waals surface area contributed by atoms with Crippen molar-refractivity contribution < 1.29 is 14.3 Å². The van der Waals surface area contributed by atoms with Crippen molar-refractivity contribution in [3.05, 3.63) is 72.2 Å². The van der Waals surface area contributed by atoms with Crippen molar-refractivity contribution in [3.63, 3.8) is 0 Å². The Hall–Kier alpha value is -3.61. The maximum Gasteiger partial charge on any atom is 0.274 e. The number of aromatic nitrogens is 2. The second-order valence-corrected chi connectivity index (χ2v) is 6.99. The van der Waals surface area contributed by atoms with E-state index in [2.05, 4.69) is 15.3 Å². The number of benzene rings is 2. The fourth-order valence-electron chi connectivity index (χ4n) is 3.04. The first-order chi connectivity index (χ1) is 14.1. The molecular weight excluding hydrogens is 368 g/mol. The monoisotopic (exact) mass is 390 g/mol. The SMILES string of the molecule is CC(C)N(Cc1ccccc1)C(=O)c1cnc(Nc2ccc3c(c2)OCO3)cn1. The molecule has 0 spiro atoms. The standard InChI is InChI=1S/C22H22N4O3/c1-15(2)26(13-16-6-4-3-5-7-16)22(27)18-11-24-21(12-23-18)25-17-8-9-19-20(10-17)29-14-28-19/h3-12,15H,13-14H2,1-2H3,(H,24,25). The Morgan fingerprint density at radius 2 is 1.86 bits per heavy atom. The van der Waals surface area contributed by atoms with Crippen molar-refractivity contribution in [2.75, 3.05) is 12.1 Å². The molecule has 7 heteroatoms. The van der Waals surface area contributed by atoms with E-state index in [-0.39, 0.29) is 18.7 Å². The van der Waals surface area contributed by atoms with Crippen LogP contribution in [0.4, 0.5) is 11.5 Å². The summed E-state index contributed by atoms with van der Waals surface area (Å²) >= 11 is 0. The third-order valence-electron chi connectivity index (χ3n) is 4.60. The van der Waals surface area contributed by atoms with Crippen LogP contribution in [-0.2, 0) is 6.54 Å². The number of anilines is 2. The van der Waals surface area contributed by atoms with Crippen LogP contribution >= 0.6 is 0 Å². The molecule has 1 aliphatic rings. The summed E-state index contributed by atoms with van der Waals surface area (Å²) in [5.41, 5.74) is 2.19. The summed E-state index contributed by atoms with van der Waals surface area (Å²) in [6.07, 6.45) is 3.05. The molecule has 2 aromatic carbocycles. The Morgan fingerprint density at radius 3 is 2.59 bits per heavy atom. The van der Waals surface area contributed by atoms with Gasteiger partial charge in [-0.05, 0) is 31.5 Å². The largest absolute Gasteiger partial charge is 0.454 e. The molecule has 2 heterocycles. The van der Waals surface area contributed by atoms with Crippen LogP contribution < -0.4 is 14.8 Å². The van der Waals surface area contributed by atoms with Gasteiger partial charge in [0.25, 0.3) is 5.91 Å². The molecule has 29 heavy (non-hydrogen) atoms. The number of nitrogens with one attached hydrogen (secondary N) is 1. The Bertz CT molecular complexity index is 991. The highest BCUT2D eigenvalue weighted by Gasteiger charge is 2.21. The van der Waals surface area contributed by atoms with Crippen LogP contribution in [0.1, 0.15) is 29.9 Å². The van der Waals surface area contributed by atoms with Gasteiger partial charge in [-0.2, -0.15) is 0 Å². The number of hydrogen-bond donors (Lipinski definition) is 1. The first kappa shape index (κ1) is 18.7.